The predicted octanol–water partition coefficient (Wildman–Crippen LogP) is 3.50. The second-order valence-corrected chi connectivity index (χ2v) is 8.88. The van der Waals surface area contributed by atoms with Crippen molar-refractivity contribution in [2.24, 2.45) is 4.99 Å². The summed E-state index contributed by atoms with van der Waals surface area (Å²) in [6.45, 7) is 13.0. The van der Waals surface area contributed by atoms with Crippen LogP contribution in [0.3, 0.4) is 0 Å². The topological polar surface area (TPSA) is 62.2 Å². The molecule has 0 spiro atoms. The number of hydrogen-bond acceptors (Lipinski definition) is 5. The maximum atomic E-state index is 4.73. The first-order valence-electron chi connectivity index (χ1n) is 8.27. The van der Waals surface area contributed by atoms with Gasteiger partial charge in [-0.15, -0.1) is 22.7 Å². The summed E-state index contributed by atoms with van der Waals surface area (Å²) in [5, 5.41) is 11.0. The molecule has 7 heteroatoms. The largest absolute Gasteiger partial charge is 0.357 e. The van der Waals surface area contributed by atoms with Crippen LogP contribution in [0.1, 0.15) is 48.3 Å². The third-order valence-electron chi connectivity index (χ3n) is 3.34. The van der Waals surface area contributed by atoms with Crippen molar-refractivity contribution in [1.29, 1.82) is 0 Å². The third kappa shape index (κ3) is 5.87. The highest BCUT2D eigenvalue weighted by Gasteiger charge is 2.17. The highest BCUT2D eigenvalue weighted by molar-refractivity contribution is 7.11. The van der Waals surface area contributed by atoms with Crippen molar-refractivity contribution in [3.05, 3.63) is 32.2 Å². The molecule has 0 saturated heterocycles. The third-order valence-corrected chi connectivity index (χ3v) is 5.14. The van der Waals surface area contributed by atoms with Crippen molar-refractivity contribution in [2.75, 3.05) is 13.1 Å². The lowest BCUT2D eigenvalue weighted by atomic mass is 9.93. The normalized spacial score (nSPS) is 12.5. The molecule has 24 heavy (non-hydrogen) atoms. The zero-order chi connectivity index (χ0) is 17.6. The maximum Gasteiger partial charge on any atom is 0.191 e. The van der Waals surface area contributed by atoms with E-state index in [0.717, 1.165) is 30.5 Å². The van der Waals surface area contributed by atoms with Crippen LogP contribution in [-0.2, 0) is 18.4 Å². The number of aryl methyl sites for hydroxylation is 1. The van der Waals surface area contributed by atoms with Crippen LogP contribution in [0.4, 0.5) is 0 Å². The summed E-state index contributed by atoms with van der Waals surface area (Å²) >= 11 is 3.43. The van der Waals surface area contributed by atoms with E-state index in [1.807, 2.05) is 6.20 Å². The van der Waals surface area contributed by atoms with E-state index in [9.17, 15) is 0 Å². The van der Waals surface area contributed by atoms with Crippen molar-refractivity contribution in [3.63, 3.8) is 0 Å². The van der Waals surface area contributed by atoms with Gasteiger partial charge in [-0.1, -0.05) is 20.8 Å². The molecule has 0 bridgehead atoms. The summed E-state index contributed by atoms with van der Waals surface area (Å²) < 4.78 is 0. The molecule has 0 aliphatic rings. The molecule has 5 nitrogen and oxygen atoms in total. The first-order valence-corrected chi connectivity index (χ1v) is 9.96. The maximum absolute atomic E-state index is 4.73. The zero-order valence-electron chi connectivity index (χ0n) is 15.1. The molecule has 0 atom stereocenters. The molecule has 0 amide bonds. The fourth-order valence-electron chi connectivity index (χ4n) is 2.02. The van der Waals surface area contributed by atoms with Crippen molar-refractivity contribution < 1.29 is 0 Å². The Bertz CT molecular complexity index is 667. The number of nitrogens with one attached hydrogen (secondary N) is 2. The van der Waals surface area contributed by atoms with Gasteiger partial charge in [0.05, 0.1) is 17.2 Å². The van der Waals surface area contributed by atoms with Gasteiger partial charge in [-0.3, -0.25) is 0 Å². The molecule has 132 valence electrons. The van der Waals surface area contributed by atoms with Gasteiger partial charge in [0.25, 0.3) is 0 Å². The van der Waals surface area contributed by atoms with Gasteiger partial charge in [0.2, 0.25) is 0 Å². The molecule has 0 fully saturated rings. The van der Waals surface area contributed by atoms with Crippen LogP contribution in [-0.4, -0.2) is 29.0 Å². The van der Waals surface area contributed by atoms with E-state index in [1.54, 1.807) is 22.7 Å². The standard InChI is InChI=1S/C17H27N5S2/c1-6-18-16(21-10-15-20-9-12(2)24-15)19-8-7-14-22-13(11-23-14)17(3,4)5/h9,11H,6-8,10H2,1-5H3,(H2,18,19,21). The molecule has 0 unspecified atom stereocenters. The SMILES string of the molecule is CCNC(=NCc1ncc(C)s1)NCCc1nc(C(C)(C)C)cs1. The second kappa shape index (κ2) is 8.58. The Morgan fingerprint density at radius 3 is 2.62 bits per heavy atom. The van der Waals surface area contributed by atoms with Crippen molar-refractivity contribution >= 4 is 28.6 Å². The highest BCUT2D eigenvalue weighted by Crippen LogP contribution is 2.23. The second-order valence-electron chi connectivity index (χ2n) is 6.61. The number of aliphatic imine (C=N–C) groups is 1. The minimum absolute atomic E-state index is 0.115. The first kappa shape index (κ1) is 18.9. The lowest BCUT2D eigenvalue weighted by Crippen LogP contribution is -2.38. The van der Waals surface area contributed by atoms with Crippen molar-refractivity contribution in [3.8, 4) is 0 Å². The number of hydrogen-bond donors (Lipinski definition) is 2. The van der Waals surface area contributed by atoms with E-state index >= 15 is 0 Å². The molecule has 0 radical (unpaired) electrons. The van der Waals surface area contributed by atoms with E-state index in [2.05, 4.69) is 60.6 Å². The van der Waals surface area contributed by atoms with Gasteiger partial charge in [-0.05, 0) is 13.8 Å². The summed E-state index contributed by atoms with van der Waals surface area (Å²) in [6, 6.07) is 0. The van der Waals surface area contributed by atoms with E-state index in [0.29, 0.717) is 6.54 Å². The van der Waals surface area contributed by atoms with Crippen LogP contribution in [0.2, 0.25) is 0 Å². The van der Waals surface area contributed by atoms with Crippen molar-refractivity contribution in [2.45, 2.75) is 53.0 Å². The quantitative estimate of drug-likeness (QED) is 0.607. The number of aromatic nitrogens is 2. The van der Waals surface area contributed by atoms with Crippen LogP contribution >= 0.6 is 22.7 Å². The number of thiazole rings is 2. The van der Waals surface area contributed by atoms with Crippen molar-refractivity contribution in [1.82, 2.24) is 20.6 Å². The fraction of sp³-hybridized carbons (Fsp3) is 0.588. The molecular formula is C17H27N5S2. The van der Waals surface area contributed by atoms with E-state index in [4.69, 9.17) is 4.98 Å². The zero-order valence-corrected chi connectivity index (χ0v) is 16.8. The van der Waals surface area contributed by atoms with Crippen LogP contribution in [0.5, 0.6) is 0 Å². The van der Waals surface area contributed by atoms with Gasteiger partial charge in [-0.2, -0.15) is 0 Å². The van der Waals surface area contributed by atoms with Gasteiger partial charge in [0.15, 0.2) is 5.96 Å². The minimum atomic E-state index is 0.115. The molecule has 2 heterocycles. The lowest BCUT2D eigenvalue weighted by molar-refractivity contribution is 0.570. The average Bonchev–Trinajstić information content (AvgIpc) is 3.13. The molecule has 0 saturated carbocycles. The predicted molar refractivity (Wildman–Crippen MR) is 104 cm³/mol. The summed E-state index contributed by atoms with van der Waals surface area (Å²) in [5.74, 6) is 0.831. The summed E-state index contributed by atoms with van der Waals surface area (Å²) in [4.78, 5) is 14.9. The number of guanidine groups is 1. The Balaban J connectivity index is 1.85. The molecule has 0 aromatic carbocycles. The Kier molecular flexibility index (Phi) is 6.74. The summed E-state index contributed by atoms with van der Waals surface area (Å²) in [7, 11) is 0. The van der Waals surface area contributed by atoms with Gasteiger partial charge in [0, 0.05) is 41.4 Å². The number of nitrogens with zero attached hydrogens (tertiary/aromatic N) is 3. The number of rotatable bonds is 6. The molecule has 2 N–H and O–H groups in total. The smallest absolute Gasteiger partial charge is 0.191 e. The lowest BCUT2D eigenvalue weighted by Gasteiger charge is -2.14. The molecular weight excluding hydrogens is 338 g/mol. The van der Waals surface area contributed by atoms with E-state index in [1.165, 1.54) is 15.6 Å². The Hall–Kier alpha value is -1.47. The minimum Gasteiger partial charge on any atom is -0.357 e. The molecule has 0 aliphatic carbocycles. The monoisotopic (exact) mass is 365 g/mol. The Labute approximate surface area is 152 Å². The van der Waals surface area contributed by atoms with Crippen LogP contribution in [0.15, 0.2) is 16.6 Å². The summed E-state index contributed by atoms with van der Waals surface area (Å²) in [5.41, 5.74) is 1.28. The van der Waals surface area contributed by atoms with Gasteiger partial charge < -0.3 is 10.6 Å². The van der Waals surface area contributed by atoms with Crippen LogP contribution in [0.25, 0.3) is 0 Å². The van der Waals surface area contributed by atoms with Gasteiger partial charge in [0.1, 0.15) is 5.01 Å². The molecule has 2 rings (SSSR count). The van der Waals surface area contributed by atoms with Crippen LogP contribution < -0.4 is 10.6 Å². The summed E-state index contributed by atoms with van der Waals surface area (Å²) in [6.07, 6.45) is 2.80. The molecule has 0 aliphatic heterocycles. The van der Waals surface area contributed by atoms with E-state index < -0.39 is 0 Å². The van der Waals surface area contributed by atoms with Crippen LogP contribution in [0, 0.1) is 6.92 Å². The Morgan fingerprint density at radius 2 is 2.04 bits per heavy atom. The average molecular weight is 366 g/mol. The Morgan fingerprint density at radius 1 is 1.25 bits per heavy atom. The molecule has 2 aromatic rings. The highest BCUT2D eigenvalue weighted by atomic mass is 32.1. The van der Waals surface area contributed by atoms with E-state index in [-0.39, 0.29) is 5.41 Å². The van der Waals surface area contributed by atoms with Gasteiger partial charge >= 0.3 is 0 Å². The van der Waals surface area contributed by atoms with Gasteiger partial charge in [-0.25, -0.2) is 15.0 Å². The fourth-order valence-corrected chi connectivity index (χ4v) is 3.76. The molecule has 2 aromatic heterocycles. The first-order chi connectivity index (χ1) is 11.4.